The number of allylic oxidation sites excluding steroid dienone is 6. The van der Waals surface area contributed by atoms with E-state index in [0.717, 1.165) is 84.5 Å². The van der Waals surface area contributed by atoms with Gasteiger partial charge in [0.25, 0.3) is 0 Å². The van der Waals surface area contributed by atoms with E-state index >= 15 is 0 Å². The Bertz CT molecular complexity index is 6230. The van der Waals surface area contributed by atoms with Crippen LogP contribution >= 0.6 is 11.3 Å². The normalized spacial score (nSPS) is 10.1. The predicted octanol–water partition coefficient (Wildman–Crippen LogP) is 24.9. The van der Waals surface area contributed by atoms with E-state index in [9.17, 15) is 28.0 Å². The molecule has 4 N–H and O–H groups in total. The van der Waals surface area contributed by atoms with Crippen molar-refractivity contribution in [1.82, 2.24) is 39.7 Å². The van der Waals surface area contributed by atoms with E-state index in [2.05, 4.69) is 138 Å². The summed E-state index contributed by atoms with van der Waals surface area (Å²) in [6.07, 6.45) is 10.6. The Morgan fingerprint density at radius 3 is 1.12 bits per heavy atom. The Hall–Kier alpha value is -11.8. The molecular weight excluding hydrogens is 2720 g/mol. The number of aliphatic hydroxyl groups excluding tert-OH is 3. The smallest absolute Gasteiger partial charge is 0.356 e. The van der Waals surface area contributed by atoms with Crippen molar-refractivity contribution in [2.45, 2.75) is 48.5 Å². The number of thiophene rings is 1. The van der Waals surface area contributed by atoms with Gasteiger partial charge in [-0.15, -0.1) is 179 Å². The fourth-order valence-corrected chi connectivity index (χ4v) is 12.5. The van der Waals surface area contributed by atoms with Crippen molar-refractivity contribution in [2.75, 3.05) is 0 Å². The molecule has 0 unspecified atom stereocenters. The second-order valence-corrected chi connectivity index (χ2v) is 28.0. The Kier molecular flexibility index (Phi) is 52.0. The maximum Gasteiger partial charge on any atom is 0.356 e. The first kappa shape index (κ1) is 112. The van der Waals surface area contributed by atoms with E-state index in [1.165, 1.54) is 113 Å². The van der Waals surface area contributed by atoms with Crippen LogP contribution in [0.15, 0.2) is 370 Å². The van der Waals surface area contributed by atoms with Crippen LogP contribution in [0.1, 0.15) is 57.7 Å². The number of pyridine rings is 6. The Labute approximate surface area is 840 Å². The van der Waals surface area contributed by atoms with E-state index in [4.69, 9.17) is 20.4 Å². The molecule has 10 aromatic carbocycles. The van der Waals surface area contributed by atoms with Crippen LogP contribution in [0, 0.1) is 55.0 Å². The van der Waals surface area contributed by atoms with Crippen molar-refractivity contribution in [3.05, 3.63) is 429 Å². The third-order valence-corrected chi connectivity index (χ3v) is 18.1. The number of fused-ring (bicyclic) bond motifs is 5. The maximum absolute atomic E-state index is 13.2. The van der Waals surface area contributed by atoms with E-state index in [1.807, 2.05) is 225 Å². The minimum Gasteiger partial charge on any atom is -0.512 e. The molecule has 130 heavy (non-hydrogen) atoms. The van der Waals surface area contributed by atoms with Crippen LogP contribution < -0.4 is 0 Å². The summed E-state index contributed by atoms with van der Waals surface area (Å²) in [4.78, 5) is 67.8. The number of halogens is 2. The molecular formula is C105H86F2Ir6N8O8S-6. The first-order valence-electron chi connectivity index (χ1n) is 38.7. The van der Waals surface area contributed by atoms with Crippen LogP contribution in [0.3, 0.4) is 0 Å². The summed E-state index contributed by atoms with van der Waals surface area (Å²) in [5, 5.41) is 45.5. The number of para-hydroxylation sites is 2. The van der Waals surface area contributed by atoms with Crippen molar-refractivity contribution in [1.29, 1.82) is 0 Å². The number of nitrogens with zero attached hydrogens (tertiary/aromatic N) is 8. The molecule has 674 valence electrons. The largest absolute Gasteiger partial charge is 0.512 e. The number of carbonyl (C=O) groups is 4. The number of ketones is 3. The molecule has 0 fully saturated rings. The van der Waals surface area contributed by atoms with E-state index in [1.54, 1.807) is 49.7 Å². The minimum absolute atomic E-state index is 0. The van der Waals surface area contributed by atoms with Crippen LogP contribution in [0.25, 0.3) is 120 Å². The summed E-state index contributed by atoms with van der Waals surface area (Å²) >= 11 is 1.73. The molecule has 0 saturated carbocycles. The standard InChI is InChI=1S/4C15H10N.C13H8NS.C11H6F2N.C6H8N2O2.3C5H8O2.6Ir/c2*1-2-7-13(8-3-1)15-14-9-5-4-6-12(14)10-11-16-15;2*1-2-6-12(7-3-1)15-11-10-13-8-4-5-9-14(13)16-15;1-2-7-12-10(5-1)9-13(15-12)11-6-3-4-8-14-11;12-8-4-5-9(10(13)7-8)11-3-1-2-6-14-11;1-4-3-5(6(9)10)7-8(4)2;3*1-4(6)3-5(2)7;;;;;;/h2*1-7,9-11H;2*1-6,8-11H;1-8H;1-4,6-7H;3H,1-2H3,(H,9,10);3*3,6H,1-2H3;;;;;;/q6*-1;;;;;;;;;;. The molecule has 0 bridgehead atoms. The molecule has 0 aliphatic heterocycles. The van der Waals surface area contributed by atoms with Crippen LogP contribution in [0.2, 0.25) is 0 Å². The van der Waals surface area contributed by atoms with Crippen molar-refractivity contribution in [3.63, 3.8) is 0 Å². The zero-order valence-corrected chi connectivity index (χ0v) is 86.3. The summed E-state index contributed by atoms with van der Waals surface area (Å²) < 4.78 is 28.6. The molecule has 25 heteroatoms. The fourth-order valence-electron chi connectivity index (χ4n) is 11.5. The van der Waals surface area contributed by atoms with Gasteiger partial charge in [0.1, 0.15) is 0 Å². The van der Waals surface area contributed by atoms with Gasteiger partial charge < -0.3 is 40.4 Å². The number of benzene rings is 10. The minimum atomic E-state index is -0.983. The molecule has 8 heterocycles. The van der Waals surface area contributed by atoms with Crippen LogP contribution in [0.5, 0.6) is 0 Å². The topological polar surface area (TPSA) is 244 Å². The summed E-state index contributed by atoms with van der Waals surface area (Å²) in [6.45, 7) is 10.4. The van der Waals surface area contributed by atoms with Gasteiger partial charge in [0.2, 0.25) is 0 Å². The first-order chi connectivity index (χ1) is 60.0. The van der Waals surface area contributed by atoms with Gasteiger partial charge in [-0.3, -0.25) is 37.8 Å². The number of carboxylic acids is 1. The molecule has 0 saturated heterocycles. The Balaban J connectivity index is 0.000000376. The van der Waals surface area contributed by atoms with Gasteiger partial charge in [0.05, 0.1) is 28.3 Å². The summed E-state index contributed by atoms with van der Waals surface area (Å²) in [5.74, 6) is -2.46. The molecule has 0 aliphatic rings. The zero-order chi connectivity index (χ0) is 88.5. The number of aromatic nitrogens is 8. The number of hydrogen-bond donors (Lipinski definition) is 4. The van der Waals surface area contributed by atoms with Gasteiger partial charge in [-0.05, 0) is 161 Å². The fraction of sp³-hybridized carbons (Fsp3) is 0.0762. The van der Waals surface area contributed by atoms with E-state index < -0.39 is 17.6 Å². The number of aliphatic hydroxyl groups is 3. The molecule has 18 aromatic rings. The predicted molar refractivity (Wildman–Crippen MR) is 492 cm³/mol. The molecule has 8 aromatic heterocycles. The number of rotatable bonds is 10. The van der Waals surface area contributed by atoms with Gasteiger partial charge in [0, 0.05) is 194 Å². The van der Waals surface area contributed by atoms with Crippen molar-refractivity contribution >= 4 is 88.1 Å². The molecule has 18 rings (SSSR count). The average molecular weight is 2810 g/mol. The quantitative estimate of drug-likeness (QED) is 0.0565. The Morgan fingerprint density at radius 2 is 0.769 bits per heavy atom. The number of aromatic carboxylic acids is 1. The molecule has 0 atom stereocenters. The molecule has 6 radical (unpaired) electrons. The second-order valence-electron chi connectivity index (χ2n) is 27.0. The van der Waals surface area contributed by atoms with Crippen LogP contribution in [0.4, 0.5) is 8.78 Å². The molecule has 0 spiro atoms. The van der Waals surface area contributed by atoms with Crippen molar-refractivity contribution in [2.24, 2.45) is 7.05 Å². The average Bonchev–Trinajstić information content (AvgIpc) is 1.61. The third-order valence-electron chi connectivity index (χ3n) is 17.0. The van der Waals surface area contributed by atoms with Gasteiger partial charge in [-0.2, -0.15) is 5.10 Å². The van der Waals surface area contributed by atoms with Gasteiger partial charge in [0.15, 0.2) is 23.0 Å². The summed E-state index contributed by atoms with van der Waals surface area (Å²) in [5.41, 5.74) is 12.7. The van der Waals surface area contributed by atoms with Crippen LogP contribution in [-0.4, -0.2) is 83.4 Å². The molecule has 16 nitrogen and oxygen atoms in total. The van der Waals surface area contributed by atoms with Crippen LogP contribution in [-0.2, 0) is 142 Å². The number of carbonyl (C=O) groups excluding carboxylic acids is 3. The SMILES string of the molecule is CC(=O)C=C(C)O.CC(=O)C=C(C)O.CC(=O)C=C(C)O.Cc1cc(C(=O)O)nn1C.Fc1c[c-]c(-c2ccccn2)c(F)c1.[Ir].[Ir].[Ir].[Ir].[Ir].[Ir].[c-]1c(-c2ccccn2)sc2ccccc12.[c-]1ccccc1-c1ccc2ccccc2n1.[c-]1ccccc1-c1ccc2ccccc2n1.[c-]1ccccc1-c1nccc2ccccc12.[c-]1ccccc1-c1nccc2ccccc12. The first-order valence-corrected chi connectivity index (χ1v) is 39.5. The monoisotopic (exact) mass is 2810 g/mol. The zero-order valence-electron chi connectivity index (χ0n) is 71.2. The van der Waals surface area contributed by atoms with E-state index in [0.29, 0.717) is 5.69 Å². The summed E-state index contributed by atoms with van der Waals surface area (Å²) in [7, 11) is 1.71. The van der Waals surface area contributed by atoms with E-state index in [-0.39, 0.29) is 167 Å². The number of hydrogen-bond acceptors (Lipinski definition) is 15. The Morgan fingerprint density at radius 1 is 0.385 bits per heavy atom. The molecule has 0 amide bonds. The molecule has 0 aliphatic carbocycles. The van der Waals surface area contributed by atoms with Crippen molar-refractivity contribution < 1.29 is 169 Å². The van der Waals surface area contributed by atoms with Crippen molar-refractivity contribution in [3.8, 4) is 66.9 Å². The maximum atomic E-state index is 13.2. The number of carboxylic acid groups (broad SMARTS) is 1. The third kappa shape index (κ3) is 37.7. The van der Waals surface area contributed by atoms with Gasteiger partial charge in [-0.1, -0.05) is 157 Å². The number of aryl methyl sites for hydroxylation is 2. The second kappa shape index (κ2) is 60.1. The van der Waals surface area contributed by atoms with Gasteiger partial charge in [-0.25, -0.2) is 16.1 Å². The summed E-state index contributed by atoms with van der Waals surface area (Å²) in [6, 6.07) is 118. The van der Waals surface area contributed by atoms with Gasteiger partial charge >= 0.3 is 5.97 Å².